The van der Waals surface area contributed by atoms with E-state index in [0.29, 0.717) is 37.9 Å². The molecular formula is C19H15ClFNO3S2. The number of benzene rings is 2. The van der Waals surface area contributed by atoms with Crippen LogP contribution in [0.4, 0.5) is 4.39 Å². The van der Waals surface area contributed by atoms with Gasteiger partial charge in [0.05, 0.1) is 16.5 Å². The standard InChI is InChI=1S/C19H15ClFNO3S2/c1-2-24-15-8-12(9-16-18(23)22-19(26)27-16)7-14(20)17(15)25-10-11-3-5-13(21)6-4-11/h3-9H,2,10H2,1H3,(H,22,23,26)/b16-9-. The zero-order valence-corrected chi connectivity index (χ0v) is 16.6. The molecule has 0 radical (unpaired) electrons. The molecule has 0 aromatic heterocycles. The van der Waals surface area contributed by atoms with E-state index < -0.39 is 0 Å². The third-order valence-electron chi connectivity index (χ3n) is 3.57. The van der Waals surface area contributed by atoms with Gasteiger partial charge in [-0.1, -0.05) is 47.7 Å². The van der Waals surface area contributed by atoms with Crippen molar-refractivity contribution in [2.45, 2.75) is 13.5 Å². The second-order valence-corrected chi connectivity index (χ2v) is 7.66. The van der Waals surface area contributed by atoms with Gasteiger partial charge in [0.1, 0.15) is 16.7 Å². The van der Waals surface area contributed by atoms with E-state index in [1.807, 2.05) is 6.92 Å². The topological polar surface area (TPSA) is 47.6 Å². The van der Waals surface area contributed by atoms with Crippen molar-refractivity contribution in [2.75, 3.05) is 6.61 Å². The van der Waals surface area contributed by atoms with Crippen LogP contribution in [0.3, 0.4) is 0 Å². The summed E-state index contributed by atoms with van der Waals surface area (Å²) >= 11 is 12.6. The van der Waals surface area contributed by atoms with Crippen LogP contribution in [0.2, 0.25) is 5.02 Å². The van der Waals surface area contributed by atoms with E-state index in [9.17, 15) is 9.18 Å². The summed E-state index contributed by atoms with van der Waals surface area (Å²) in [5.41, 5.74) is 1.49. The number of amides is 1. The van der Waals surface area contributed by atoms with E-state index in [2.05, 4.69) is 5.32 Å². The highest BCUT2D eigenvalue weighted by atomic mass is 35.5. The Morgan fingerprint density at radius 2 is 2.00 bits per heavy atom. The minimum atomic E-state index is -0.308. The summed E-state index contributed by atoms with van der Waals surface area (Å²) in [6.07, 6.45) is 1.69. The van der Waals surface area contributed by atoms with E-state index >= 15 is 0 Å². The lowest BCUT2D eigenvalue weighted by atomic mass is 10.1. The van der Waals surface area contributed by atoms with Gasteiger partial charge in [0.25, 0.3) is 5.91 Å². The summed E-state index contributed by atoms with van der Waals surface area (Å²) in [7, 11) is 0. The summed E-state index contributed by atoms with van der Waals surface area (Å²) in [6, 6.07) is 9.45. The molecule has 0 saturated carbocycles. The van der Waals surface area contributed by atoms with Crippen LogP contribution in [0.15, 0.2) is 41.3 Å². The molecule has 1 heterocycles. The van der Waals surface area contributed by atoms with Gasteiger partial charge < -0.3 is 14.8 Å². The maximum Gasteiger partial charge on any atom is 0.263 e. The lowest BCUT2D eigenvalue weighted by molar-refractivity contribution is -0.115. The highest BCUT2D eigenvalue weighted by molar-refractivity contribution is 8.26. The molecule has 0 bridgehead atoms. The third-order valence-corrected chi connectivity index (χ3v) is 5.01. The second kappa shape index (κ2) is 8.73. The number of thiocarbonyl (C=S) groups is 1. The number of hydrogen-bond acceptors (Lipinski definition) is 5. The quantitative estimate of drug-likeness (QED) is 0.526. The summed E-state index contributed by atoms with van der Waals surface area (Å²) in [6.45, 7) is 2.48. The normalized spacial score (nSPS) is 15.1. The summed E-state index contributed by atoms with van der Waals surface area (Å²) < 4.78 is 24.9. The van der Waals surface area contributed by atoms with Gasteiger partial charge in [-0.05, 0) is 48.4 Å². The van der Waals surface area contributed by atoms with Crippen LogP contribution in [-0.4, -0.2) is 16.8 Å². The van der Waals surface area contributed by atoms with Crippen molar-refractivity contribution in [1.29, 1.82) is 0 Å². The number of rotatable bonds is 6. The first-order chi connectivity index (χ1) is 13.0. The van der Waals surface area contributed by atoms with Gasteiger partial charge in [-0.15, -0.1) is 0 Å². The molecule has 0 unspecified atom stereocenters. The molecule has 3 rings (SSSR count). The largest absolute Gasteiger partial charge is 0.490 e. The average Bonchev–Trinajstić information content (AvgIpc) is 2.93. The minimum Gasteiger partial charge on any atom is -0.490 e. The number of ether oxygens (including phenoxy) is 2. The first-order valence-electron chi connectivity index (χ1n) is 8.04. The first-order valence-corrected chi connectivity index (χ1v) is 9.65. The summed E-state index contributed by atoms with van der Waals surface area (Å²) in [5.74, 6) is 0.308. The monoisotopic (exact) mass is 423 g/mol. The van der Waals surface area contributed by atoms with Crippen LogP contribution in [0.5, 0.6) is 11.5 Å². The molecule has 8 heteroatoms. The lowest BCUT2D eigenvalue weighted by Gasteiger charge is -2.14. The number of carbonyl (C=O) groups is 1. The van der Waals surface area contributed by atoms with Gasteiger partial charge in [0.2, 0.25) is 0 Å². The molecule has 1 saturated heterocycles. The average molecular weight is 424 g/mol. The zero-order chi connectivity index (χ0) is 19.4. The second-order valence-electron chi connectivity index (χ2n) is 5.53. The van der Waals surface area contributed by atoms with E-state index in [4.69, 9.17) is 33.3 Å². The first kappa shape index (κ1) is 19.7. The van der Waals surface area contributed by atoms with E-state index in [0.717, 1.165) is 5.56 Å². The SMILES string of the molecule is CCOc1cc(/C=C2\SC(=S)NC2=O)cc(Cl)c1OCc1ccc(F)cc1. The van der Waals surface area contributed by atoms with Crippen LogP contribution in [0.25, 0.3) is 6.08 Å². The zero-order valence-electron chi connectivity index (χ0n) is 14.3. The molecule has 1 aliphatic rings. The Kier molecular flexibility index (Phi) is 6.36. The fourth-order valence-electron chi connectivity index (χ4n) is 2.38. The molecular weight excluding hydrogens is 409 g/mol. The summed E-state index contributed by atoms with van der Waals surface area (Å²) in [5, 5.41) is 2.91. The Morgan fingerprint density at radius 1 is 1.26 bits per heavy atom. The maximum atomic E-state index is 13.0. The molecule has 4 nitrogen and oxygen atoms in total. The van der Waals surface area contributed by atoms with Crippen molar-refractivity contribution in [2.24, 2.45) is 0 Å². The van der Waals surface area contributed by atoms with Gasteiger partial charge >= 0.3 is 0 Å². The predicted octanol–water partition coefficient (Wildman–Crippen LogP) is 4.95. The van der Waals surface area contributed by atoms with Crippen molar-refractivity contribution < 1.29 is 18.7 Å². The van der Waals surface area contributed by atoms with Crippen LogP contribution >= 0.6 is 35.6 Å². The fourth-order valence-corrected chi connectivity index (χ4v) is 3.70. The summed E-state index contributed by atoms with van der Waals surface area (Å²) in [4.78, 5) is 12.3. The van der Waals surface area contributed by atoms with Gasteiger partial charge in [-0.25, -0.2) is 4.39 Å². The Balaban J connectivity index is 1.85. The molecule has 140 valence electrons. The molecule has 1 N–H and O–H groups in total. The Bertz CT molecular complexity index is 916. The number of hydrogen-bond donors (Lipinski definition) is 1. The Morgan fingerprint density at radius 3 is 2.63 bits per heavy atom. The Labute approximate surface area is 170 Å². The van der Waals surface area contributed by atoms with E-state index in [1.165, 1.54) is 23.9 Å². The van der Waals surface area contributed by atoms with Crippen molar-refractivity contribution >= 4 is 51.9 Å². The highest BCUT2D eigenvalue weighted by Crippen LogP contribution is 2.38. The van der Waals surface area contributed by atoms with Crippen molar-refractivity contribution in [3.05, 3.63) is 63.3 Å². The predicted molar refractivity (Wildman–Crippen MR) is 110 cm³/mol. The van der Waals surface area contributed by atoms with Crippen molar-refractivity contribution in [3.8, 4) is 11.5 Å². The number of thioether (sulfide) groups is 1. The molecule has 1 aliphatic heterocycles. The smallest absolute Gasteiger partial charge is 0.263 e. The van der Waals surface area contributed by atoms with Crippen LogP contribution < -0.4 is 14.8 Å². The molecule has 0 atom stereocenters. The van der Waals surface area contributed by atoms with Gasteiger partial charge in [0, 0.05) is 0 Å². The molecule has 2 aromatic rings. The van der Waals surface area contributed by atoms with Crippen LogP contribution in [-0.2, 0) is 11.4 Å². The van der Waals surface area contributed by atoms with Gasteiger partial charge in [0.15, 0.2) is 11.5 Å². The van der Waals surface area contributed by atoms with E-state index in [-0.39, 0.29) is 18.3 Å². The fraction of sp³-hybridized carbons (Fsp3) is 0.158. The molecule has 1 fully saturated rings. The number of carbonyl (C=O) groups excluding carboxylic acids is 1. The van der Waals surface area contributed by atoms with Gasteiger partial charge in [-0.2, -0.15) is 0 Å². The van der Waals surface area contributed by atoms with Crippen LogP contribution in [0.1, 0.15) is 18.1 Å². The van der Waals surface area contributed by atoms with Crippen molar-refractivity contribution in [1.82, 2.24) is 5.32 Å². The lowest BCUT2D eigenvalue weighted by Crippen LogP contribution is -2.17. The highest BCUT2D eigenvalue weighted by Gasteiger charge is 2.22. The molecule has 0 spiro atoms. The van der Waals surface area contributed by atoms with Gasteiger partial charge in [-0.3, -0.25) is 4.79 Å². The molecule has 27 heavy (non-hydrogen) atoms. The molecule has 1 amide bonds. The van der Waals surface area contributed by atoms with Crippen LogP contribution in [0, 0.1) is 5.82 Å². The number of halogens is 2. The molecule has 0 aliphatic carbocycles. The minimum absolute atomic E-state index is 0.215. The Hall–Kier alpha value is -2.09. The molecule has 2 aromatic carbocycles. The number of nitrogens with one attached hydrogen (secondary N) is 1. The van der Waals surface area contributed by atoms with E-state index in [1.54, 1.807) is 30.3 Å². The van der Waals surface area contributed by atoms with Crippen molar-refractivity contribution in [3.63, 3.8) is 0 Å². The third kappa shape index (κ3) is 5.00. The maximum absolute atomic E-state index is 13.0.